The van der Waals surface area contributed by atoms with Gasteiger partial charge in [-0.2, -0.15) is 0 Å². The summed E-state index contributed by atoms with van der Waals surface area (Å²) in [6, 6.07) is 0. The van der Waals surface area contributed by atoms with Crippen molar-refractivity contribution in [3.8, 4) is 0 Å². The Labute approximate surface area is 369 Å². The van der Waals surface area contributed by atoms with Gasteiger partial charge in [0.1, 0.15) is 13.2 Å². The van der Waals surface area contributed by atoms with E-state index >= 15 is 0 Å². The second kappa shape index (κ2) is 48.3. The third kappa shape index (κ3) is 45.7. The Morgan fingerprint density at radius 3 is 1.05 bits per heavy atom. The van der Waals surface area contributed by atoms with Crippen molar-refractivity contribution < 1.29 is 28.6 Å². The number of carbonyl (C=O) groups is 3. The molecular weight excluding hydrogens is 745 g/mol. The first-order valence-corrected chi connectivity index (χ1v) is 24.6. The molecule has 0 aromatic heterocycles. The van der Waals surface area contributed by atoms with Crippen LogP contribution in [0.15, 0.2) is 85.1 Å². The highest BCUT2D eigenvalue weighted by Gasteiger charge is 2.19. The summed E-state index contributed by atoms with van der Waals surface area (Å²) in [6.07, 6.45) is 61.3. The summed E-state index contributed by atoms with van der Waals surface area (Å²) >= 11 is 0. The maximum absolute atomic E-state index is 12.8. The molecule has 0 saturated heterocycles. The summed E-state index contributed by atoms with van der Waals surface area (Å²) in [7, 11) is 0. The summed E-state index contributed by atoms with van der Waals surface area (Å²) < 4.78 is 16.7. The summed E-state index contributed by atoms with van der Waals surface area (Å²) in [5, 5.41) is 0. The lowest BCUT2D eigenvalue weighted by molar-refractivity contribution is -0.167. The van der Waals surface area contributed by atoms with E-state index in [1.165, 1.54) is 57.8 Å². The number of hydrogen-bond donors (Lipinski definition) is 0. The second-order valence-corrected chi connectivity index (χ2v) is 16.0. The predicted octanol–water partition coefficient (Wildman–Crippen LogP) is 16.0. The van der Waals surface area contributed by atoms with Gasteiger partial charge in [0.15, 0.2) is 6.10 Å². The van der Waals surface area contributed by atoms with Gasteiger partial charge in [0.05, 0.1) is 0 Å². The maximum atomic E-state index is 12.8. The van der Waals surface area contributed by atoms with Crippen molar-refractivity contribution in [3.05, 3.63) is 85.1 Å². The molecule has 0 bridgehead atoms. The third-order valence-corrected chi connectivity index (χ3v) is 10.1. The van der Waals surface area contributed by atoms with Crippen molar-refractivity contribution in [2.24, 2.45) is 0 Å². The maximum Gasteiger partial charge on any atom is 0.306 e. The summed E-state index contributed by atoms with van der Waals surface area (Å²) in [5.41, 5.74) is 0. The number of esters is 3. The highest BCUT2D eigenvalue weighted by atomic mass is 16.6. The SMILES string of the molecule is CC/C=C\C/C=C\C/C=C\C/C=C\CCCCC(=O)OC[C@H](COC(=O)CCCCCCCCCCCCCC)OC(=O)CCCCCCC/C=C\C/C=C\C/C=C\CC. The Balaban J connectivity index is 4.49. The topological polar surface area (TPSA) is 78.9 Å². The molecule has 0 aliphatic carbocycles. The minimum atomic E-state index is -0.800. The molecule has 0 radical (unpaired) electrons. The van der Waals surface area contributed by atoms with Crippen LogP contribution in [0.4, 0.5) is 0 Å². The van der Waals surface area contributed by atoms with Gasteiger partial charge in [-0.3, -0.25) is 14.4 Å². The summed E-state index contributed by atoms with van der Waals surface area (Å²) in [4.78, 5) is 37.9. The van der Waals surface area contributed by atoms with Gasteiger partial charge in [0.25, 0.3) is 0 Å². The quantitative estimate of drug-likeness (QED) is 0.0263. The first-order valence-electron chi connectivity index (χ1n) is 24.6. The van der Waals surface area contributed by atoms with Crippen LogP contribution in [0, 0.1) is 0 Å². The van der Waals surface area contributed by atoms with Crippen molar-refractivity contribution in [1.29, 1.82) is 0 Å². The van der Waals surface area contributed by atoms with Gasteiger partial charge < -0.3 is 14.2 Å². The number of allylic oxidation sites excluding steroid dienone is 14. The normalized spacial score (nSPS) is 12.8. The van der Waals surface area contributed by atoms with Crippen molar-refractivity contribution in [2.75, 3.05) is 13.2 Å². The van der Waals surface area contributed by atoms with E-state index in [2.05, 4.69) is 106 Å². The molecule has 0 saturated carbocycles. The van der Waals surface area contributed by atoms with Gasteiger partial charge in [-0.05, 0) is 89.9 Å². The third-order valence-electron chi connectivity index (χ3n) is 10.1. The number of carbonyl (C=O) groups excluding carboxylic acids is 3. The van der Waals surface area contributed by atoms with Crippen molar-refractivity contribution in [1.82, 2.24) is 0 Å². The van der Waals surface area contributed by atoms with E-state index in [9.17, 15) is 14.4 Å². The molecular formula is C54H90O6. The van der Waals surface area contributed by atoms with Crippen molar-refractivity contribution in [3.63, 3.8) is 0 Å². The Hall–Kier alpha value is -3.41. The lowest BCUT2D eigenvalue weighted by Crippen LogP contribution is -2.30. The largest absolute Gasteiger partial charge is 0.462 e. The minimum Gasteiger partial charge on any atom is -0.462 e. The van der Waals surface area contributed by atoms with Crippen LogP contribution in [0.5, 0.6) is 0 Å². The molecule has 0 rings (SSSR count). The molecule has 0 aliphatic heterocycles. The van der Waals surface area contributed by atoms with Gasteiger partial charge in [-0.15, -0.1) is 0 Å². The van der Waals surface area contributed by atoms with Crippen LogP contribution in [-0.4, -0.2) is 37.2 Å². The molecule has 0 fully saturated rings. The first kappa shape index (κ1) is 56.6. The van der Waals surface area contributed by atoms with E-state index in [4.69, 9.17) is 14.2 Å². The Morgan fingerprint density at radius 2 is 0.650 bits per heavy atom. The van der Waals surface area contributed by atoms with Gasteiger partial charge in [0, 0.05) is 19.3 Å². The van der Waals surface area contributed by atoms with E-state index in [-0.39, 0.29) is 31.1 Å². The average molecular weight is 835 g/mol. The highest BCUT2D eigenvalue weighted by Crippen LogP contribution is 2.14. The summed E-state index contributed by atoms with van der Waals surface area (Å²) in [6.45, 7) is 6.35. The fourth-order valence-corrected chi connectivity index (χ4v) is 6.50. The monoisotopic (exact) mass is 835 g/mol. The number of unbranched alkanes of at least 4 members (excludes halogenated alkanes) is 18. The van der Waals surface area contributed by atoms with Gasteiger partial charge >= 0.3 is 17.9 Å². The van der Waals surface area contributed by atoms with Gasteiger partial charge in [-0.25, -0.2) is 0 Å². The van der Waals surface area contributed by atoms with E-state index < -0.39 is 6.10 Å². The number of hydrogen-bond acceptors (Lipinski definition) is 6. The zero-order valence-electron chi connectivity index (χ0n) is 38.9. The molecule has 0 aliphatic rings. The molecule has 6 nitrogen and oxygen atoms in total. The number of rotatable bonds is 43. The Kier molecular flexibility index (Phi) is 45.5. The zero-order valence-corrected chi connectivity index (χ0v) is 38.9. The molecule has 0 unspecified atom stereocenters. The van der Waals surface area contributed by atoms with Gasteiger partial charge in [-0.1, -0.05) is 196 Å². The Morgan fingerprint density at radius 1 is 0.350 bits per heavy atom. The first-order chi connectivity index (χ1) is 29.5. The van der Waals surface area contributed by atoms with Crippen LogP contribution in [-0.2, 0) is 28.6 Å². The van der Waals surface area contributed by atoms with E-state index in [0.717, 1.165) is 122 Å². The minimum absolute atomic E-state index is 0.0961. The smallest absolute Gasteiger partial charge is 0.306 e. The molecule has 0 N–H and O–H groups in total. The fourth-order valence-electron chi connectivity index (χ4n) is 6.50. The zero-order chi connectivity index (χ0) is 43.7. The van der Waals surface area contributed by atoms with Crippen LogP contribution >= 0.6 is 0 Å². The van der Waals surface area contributed by atoms with Crippen molar-refractivity contribution >= 4 is 17.9 Å². The van der Waals surface area contributed by atoms with E-state index in [1.807, 2.05) is 0 Å². The molecule has 0 aromatic rings. The molecule has 6 heteroatoms. The van der Waals surface area contributed by atoms with Crippen LogP contribution < -0.4 is 0 Å². The van der Waals surface area contributed by atoms with E-state index in [1.54, 1.807) is 0 Å². The van der Waals surface area contributed by atoms with Gasteiger partial charge in [0.2, 0.25) is 0 Å². The Bertz CT molecular complexity index is 1190. The van der Waals surface area contributed by atoms with Crippen LogP contribution in [0.3, 0.4) is 0 Å². The van der Waals surface area contributed by atoms with Crippen LogP contribution in [0.1, 0.15) is 220 Å². The number of ether oxygens (including phenoxy) is 3. The molecule has 0 spiro atoms. The fraction of sp³-hybridized carbons (Fsp3) is 0.685. The average Bonchev–Trinajstić information content (AvgIpc) is 3.24. The molecule has 60 heavy (non-hydrogen) atoms. The second-order valence-electron chi connectivity index (χ2n) is 16.0. The lowest BCUT2D eigenvalue weighted by atomic mass is 10.0. The molecule has 0 amide bonds. The summed E-state index contributed by atoms with van der Waals surface area (Å²) in [5.74, 6) is -0.959. The van der Waals surface area contributed by atoms with Crippen molar-refractivity contribution in [2.45, 2.75) is 226 Å². The van der Waals surface area contributed by atoms with Crippen LogP contribution in [0.2, 0.25) is 0 Å². The lowest BCUT2D eigenvalue weighted by Gasteiger charge is -2.18. The van der Waals surface area contributed by atoms with E-state index in [0.29, 0.717) is 19.3 Å². The highest BCUT2D eigenvalue weighted by molar-refractivity contribution is 5.71. The predicted molar refractivity (Wildman–Crippen MR) is 256 cm³/mol. The molecule has 0 aromatic carbocycles. The standard InChI is InChI=1S/C54H90O6/c1-4-7-10-13-16-19-22-25-27-29-32-35-38-41-44-47-53(56)59-50-51(49-58-52(55)46-43-40-37-34-31-24-21-18-15-12-9-6-3)60-54(57)48-45-42-39-36-33-30-28-26-23-20-17-14-11-8-5-2/h7-8,10-11,16-17,19-20,25-28,32,35,51H,4-6,9,12-15,18,21-24,29-31,33-34,36-50H2,1-3H3/b10-7-,11-8-,19-16-,20-17-,27-25-,28-26-,35-32-/t51-/m0/s1. The molecule has 1 atom stereocenters. The molecule has 342 valence electrons. The van der Waals surface area contributed by atoms with Crippen LogP contribution in [0.25, 0.3) is 0 Å². The molecule has 0 heterocycles.